The first-order valence-corrected chi connectivity index (χ1v) is 6.98. The summed E-state index contributed by atoms with van der Waals surface area (Å²) in [5, 5.41) is 12.4. The summed E-state index contributed by atoms with van der Waals surface area (Å²) in [7, 11) is 3.93. The zero-order valence-electron chi connectivity index (χ0n) is 11.2. The lowest BCUT2D eigenvalue weighted by Gasteiger charge is -2.02. The third kappa shape index (κ3) is 4.52. The molecule has 0 unspecified atom stereocenters. The fraction of sp³-hybridized carbons (Fsp3) is 0.667. The molecule has 17 heavy (non-hydrogen) atoms. The molecule has 0 aromatic carbocycles. The van der Waals surface area contributed by atoms with Crippen LogP contribution in [0.4, 0.5) is 0 Å². The molecule has 1 aromatic heterocycles. The number of nitrogens with one attached hydrogen (secondary N) is 1. The van der Waals surface area contributed by atoms with Crippen LogP contribution < -0.4 is 5.32 Å². The Balaban J connectivity index is 2.42. The maximum atomic E-state index is 4.19. The number of hydrogen-bond acceptors (Lipinski definition) is 4. The second-order valence-corrected chi connectivity index (χ2v) is 5.09. The Morgan fingerprint density at radius 3 is 2.88 bits per heavy atom. The summed E-state index contributed by atoms with van der Waals surface area (Å²) in [5.41, 5.74) is 1.46. The molecule has 1 rings (SSSR count). The summed E-state index contributed by atoms with van der Waals surface area (Å²) in [6.07, 6.45) is 4.54. The summed E-state index contributed by atoms with van der Waals surface area (Å²) >= 11 is 1.76. The molecule has 1 N–H and O–H groups in total. The van der Waals surface area contributed by atoms with Gasteiger partial charge in [-0.25, -0.2) is 0 Å². The number of allylic oxidation sites excluding steroid dienone is 2. The quantitative estimate of drug-likeness (QED) is 0.461. The van der Waals surface area contributed by atoms with Gasteiger partial charge in [-0.3, -0.25) is 0 Å². The van der Waals surface area contributed by atoms with Gasteiger partial charge in [0.15, 0.2) is 5.16 Å². The maximum absolute atomic E-state index is 4.19. The molecule has 1 aromatic rings. The second kappa shape index (κ2) is 7.50. The molecule has 5 heteroatoms. The summed E-state index contributed by atoms with van der Waals surface area (Å²) in [5.74, 6) is 2.04. The monoisotopic (exact) mass is 254 g/mol. The molecule has 0 aliphatic heterocycles. The van der Waals surface area contributed by atoms with E-state index < -0.39 is 0 Å². The third-order valence-corrected chi connectivity index (χ3v) is 3.71. The lowest BCUT2D eigenvalue weighted by atomic mass is 10.2. The van der Waals surface area contributed by atoms with Gasteiger partial charge in [0, 0.05) is 12.8 Å². The molecule has 0 aliphatic rings. The first kappa shape index (κ1) is 14.3. The molecule has 0 spiro atoms. The van der Waals surface area contributed by atoms with Crippen molar-refractivity contribution in [3.63, 3.8) is 0 Å². The highest BCUT2D eigenvalue weighted by Gasteiger charge is 2.07. The highest BCUT2D eigenvalue weighted by molar-refractivity contribution is 7.99. The van der Waals surface area contributed by atoms with Crippen LogP contribution in [0.5, 0.6) is 0 Å². The lowest BCUT2D eigenvalue weighted by molar-refractivity contribution is 0.682. The zero-order valence-corrected chi connectivity index (χ0v) is 12.0. The molecular weight excluding hydrogens is 232 g/mol. The minimum absolute atomic E-state index is 0.763. The van der Waals surface area contributed by atoms with Crippen LogP contribution in [0.3, 0.4) is 0 Å². The Morgan fingerprint density at radius 2 is 2.24 bits per heavy atom. The number of rotatable bonds is 7. The van der Waals surface area contributed by atoms with E-state index in [1.54, 1.807) is 11.8 Å². The van der Waals surface area contributed by atoms with Gasteiger partial charge in [-0.1, -0.05) is 30.3 Å². The Labute approximate surface area is 108 Å². The van der Waals surface area contributed by atoms with Crippen molar-refractivity contribution in [1.29, 1.82) is 0 Å². The van der Waals surface area contributed by atoms with Gasteiger partial charge in [-0.15, -0.1) is 10.2 Å². The standard InChI is InChI=1S/C12H22N4S/c1-5-10(2)7-6-8-17-12-15-14-11(9-13-3)16(12)4/h7,13H,5-6,8-9H2,1-4H3/b10-7+. The smallest absolute Gasteiger partial charge is 0.190 e. The van der Waals surface area contributed by atoms with E-state index in [1.165, 1.54) is 5.57 Å². The predicted octanol–water partition coefficient (Wildman–Crippen LogP) is 2.37. The number of aromatic nitrogens is 3. The fourth-order valence-corrected chi connectivity index (χ4v) is 2.20. The molecule has 96 valence electrons. The van der Waals surface area contributed by atoms with Gasteiger partial charge in [0.05, 0.1) is 6.54 Å². The molecule has 0 saturated heterocycles. The van der Waals surface area contributed by atoms with Crippen LogP contribution in [0.25, 0.3) is 0 Å². The van der Waals surface area contributed by atoms with Crippen molar-refractivity contribution < 1.29 is 0 Å². The van der Waals surface area contributed by atoms with Gasteiger partial charge in [0.1, 0.15) is 5.82 Å². The largest absolute Gasteiger partial charge is 0.313 e. The summed E-state index contributed by atoms with van der Waals surface area (Å²) in [6, 6.07) is 0. The Bertz CT molecular complexity index is 371. The van der Waals surface area contributed by atoms with Crippen molar-refractivity contribution in [3.05, 3.63) is 17.5 Å². The van der Waals surface area contributed by atoms with Gasteiger partial charge in [0.25, 0.3) is 0 Å². The number of hydrogen-bond donors (Lipinski definition) is 1. The summed E-state index contributed by atoms with van der Waals surface area (Å²) in [4.78, 5) is 0. The molecule has 0 fully saturated rings. The van der Waals surface area contributed by atoms with Crippen molar-refractivity contribution in [2.24, 2.45) is 7.05 Å². The van der Waals surface area contributed by atoms with Crippen molar-refractivity contribution in [1.82, 2.24) is 20.1 Å². The third-order valence-electron chi connectivity index (χ3n) is 2.66. The highest BCUT2D eigenvalue weighted by atomic mass is 32.2. The summed E-state index contributed by atoms with van der Waals surface area (Å²) in [6.45, 7) is 5.13. The van der Waals surface area contributed by atoms with E-state index in [2.05, 4.69) is 40.0 Å². The average Bonchev–Trinajstić information content (AvgIpc) is 2.67. The molecule has 0 atom stereocenters. The van der Waals surface area contributed by atoms with E-state index >= 15 is 0 Å². The van der Waals surface area contributed by atoms with Gasteiger partial charge in [-0.2, -0.15) is 0 Å². The average molecular weight is 254 g/mol. The molecule has 4 nitrogen and oxygen atoms in total. The van der Waals surface area contributed by atoms with Crippen LogP contribution in [0.2, 0.25) is 0 Å². The van der Waals surface area contributed by atoms with Crippen LogP contribution in [-0.4, -0.2) is 27.6 Å². The van der Waals surface area contributed by atoms with Crippen molar-refractivity contribution >= 4 is 11.8 Å². The highest BCUT2D eigenvalue weighted by Crippen LogP contribution is 2.17. The van der Waals surface area contributed by atoms with Crippen LogP contribution in [0, 0.1) is 0 Å². The topological polar surface area (TPSA) is 42.7 Å². The van der Waals surface area contributed by atoms with E-state index in [1.807, 2.05) is 14.1 Å². The van der Waals surface area contributed by atoms with Gasteiger partial charge < -0.3 is 9.88 Å². The second-order valence-electron chi connectivity index (χ2n) is 4.03. The first-order valence-electron chi connectivity index (χ1n) is 6.00. The number of thioether (sulfide) groups is 1. The molecule has 1 heterocycles. The number of nitrogens with zero attached hydrogens (tertiary/aromatic N) is 3. The maximum Gasteiger partial charge on any atom is 0.190 e. The Morgan fingerprint density at radius 1 is 1.47 bits per heavy atom. The minimum Gasteiger partial charge on any atom is -0.313 e. The first-order chi connectivity index (χ1) is 8.19. The van der Waals surface area contributed by atoms with Crippen LogP contribution >= 0.6 is 11.8 Å². The van der Waals surface area contributed by atoms with Crippen molar-refractivity contribution in [3.8, 4) is 0 Å². The van der Waals surface area contributed by atoms with E-state index in [9.17, 15) is 0 Å². The molecule has 0 aliphatic carbocycles. The van der Waals surface area contributed by atoms with Crippen molar-refractivity contribution in [2.75, 3.05) is 12.8 Å². The Kier molecular flexibility index (Phi) is 6.29. The van der Waals surface area contributed by atoms with Gasteiger partial charge in [0.2, 0.25) is 0 Å². The lowest BCUT2D eigenvalue weighted by Crippen LogP contribution is -2.10. The van der Waals surface area contributed by atoms with Crippen molar-refractivity contribution in [2.45, 2.75) is 38.4 Å². The molecular formula is C12H22N4S. The SMILES string of the molecule is CC/C(C)=C/CCSc1nnc(CNC)n1C. The minimum atomic E-state index is 0.763. The fourth-order valence-electron chi connectivity index (χ4n) is 1.38. The van der Waals surface area contributed by atoms with Crippen LogP contribution in [-0.2, 0) is 13.6 Å². The van der Waals surface area contributed by atoms with E-state index in [0.29, 0.717) is 0 Å². The Hall–Kier alpha value is -0.810. The molecule has 0 bridgehead atoms. The zero-order chi connectivity index (χ0) is 12.7. The van der Waals surface area contributed by atoms with Gasteiger partial charge >= 0.3 is 0 Å². The van der Waals surface area contributed by atoms with Crippen LogP contribution in [0.1, 0.15) is 32.5 Å². The molecule has 0 radical (unpaired) electrons. The summed E-state index contributed by atoms with van der Waals surface area (Å²) < 4.78 is 2.05. The van der Waals surface area contributed by atoms with E-state index in [-0.39, 0.29) is 0 Å². The molecule has 0 amide bonds. The predicted molar refractivity (Wildman–Crippen MR) is 73.2 cm³/mol. The van der Waals surface area contributed by atoms with E-state index in [4.69, 9.17) is 0 Å². The normalized spacial score (nSPS) is 12.1. The van der Waals surface area contributed by atoms with Gasteiger partial charge in [-0.05, 0) is 26.8 Å². The van der Waals surface area contributed by atoms with Crippen LogP contribution in [0.15, 0.2) is 16.8 Å². The molecule has 0 saturated carbocycles. The van der Waals surface area contributed by atoms with E-state index in [0.717, 1.165) is 36.1 Å².